The lowest BCUT2D eigenvalue weighted by atomic mass is 10.0. The summed E-state index contributed by atoms with van der Waals surface area (Å²) >= 11 is 0. The average molecular weight is 275 g/mol. The minimum Gasteiger partial charge on any atom is -0.396 e. The van der Waals surface area contributed by atoms with Gasteiger partial charge in [-0.25, -0.2) is 0 Å². The van der Waals surface area contributed by atoms with Crippen LogP contribution in [0.3, 0.4) is 0 Å². The molecule has 3 nitrogen and oxygen atoms in total. The number of benzene rings is 1. The van der Waals surface area contributed by atoms with Crippen LogP contribution in [0.4, 0.5) is 0 Å². The van der Waals surface area contributed by atoms with Crippen molar-refractivity contribution in [2.45, 2.75) is 39.5 Å². The number of hydrogen-bond acceptors (Lipinski definition) is 2. The van der Waals surface area contributed by atoms with Crippen LogP contribution in [0.1, 0.15) is 37.8 Å². The molecular weight excluding hydrogens is 250 g/mol. The van der Waals surface area contributed by atoms with Crippen LogP contribution in [0, 0.1) is 11.3 Å². The van der Waals surface area contributed by atoms with E-state index in [0.29, 0.717) is 18.9 Å². The van der Waals surface area contributed by atoms with E-state index in [0.717, 1.165) is 24.8 Å². The summed E-state index contributed by atoms with van der Waals surface area (Å²) in [4.78, 5) is 11.9. The van der Waals surface area contributed by atoms with Gasteiger partial charge in [0.15, 0.2) is 0 Å². The maximum Gasteiger partial charge on any atom is 0.224 e. The van der Waals surface area contributed by atoms with Crippen molar-refractivity contribution < 1.29 is 9.90 Å². The Kier molecular flexibility index (Phi) is 4.81. The second-order valence-corrected chi connectivity index (χ2v) is 6.53. The normalized spacial score (nSPS) is 16.2. The fourth-order valence-corrected chi connectivity index (χ4v) is 2.37. The standard InChI is InChI=1S/C17H25NO2/c1-13(2)9-14-3-5-15(6-4-14)10-16(20)18-11-17(12-19)7-8-17/h3-6,13,19H,7-12H2,1-2H3,(H,18,20). The topological polar surface area (TPSA) is 49.3 Å². The first-order valence-corrected chi connectivity index (χ1v) is 7.48. The van der Waals surface area contributed by atoms with Gasteiger partial charge >= 0.3 is 0 Å². The van der Waals surface area contributed by atoms with Crippen molar-refractivity contribution in [3.63, 3.8) is 0 Å². The van der Waals surface area contributed by atoms with E-state index in [2.05, 4.69) is 31.3 Å². The van der Waals surface area contributed by atoms with Gasteiger partial charge in [0.1, 0.15) is 0 Å². The largest absolute Gasteiger partial charge is 0.396 e. The van der Waals surface area contributed by atoms with Gasteiger partial charge in [-0.05, 0) is 36.3 Å². The molecule has 1 aliphatic carbocycles. The Morgan fingerprint density at radius 3 is 2.35 bits per heavy atom. The van der Waals surface area contributed by atoms with Crippen LogP contribution in [0.2, 0.25) is 0 Å². The monoisotopic (exact) mass is 275 g/mol. The molecule has 0 saturated heterocycles. The molecule has 0 aliphatic heterocycles. The summed E-state index contributed by atoms with van der Waals surface area (Å²) in [5.41, 5.74) is 2.35. The van der Waals surface area contributed by atoms with Gasteiger partial charge in [-0.2, -0.15) is 0 Å². The zero-order chi connectivity index (χ0) is 14.6. The third-order valence-corrected chi connectivity index (χ3v) is 3.98. The molecule has 0 bridgehead atoms. The van der Waals surface area contributed by atoms with Crippen molar-refractivity contribution in [1.82, 2.24) is 5.32 Å². The molecule has 0 spiro atoms. The zero-order valence-electron chi connectivity index (χ0n) is 12.5. The highest BCUT2D eigenvalue weighted by atomic mass is 16.3. The Bertz CT molecular complexity index is 447. The molecule has 3 heteroatoms. The van der Waals surface area contributed by atoms with Crippen LogP contribution < -0.4 is 5.32 Å². The van der Waals surface area contributed by atoms with Gasteiger partial charge in [-0.3, -0.25) is 4.79 Å². The van der Waals surface area contributed by atoms with E-state index in [9.17, 15) is 9.90 Å². The van der Waals surface area contributed by atoms with Gasteiger partial charge in [-0.1, -0.05) is 38.1 Å². The molecule has 1 aromatic carbocycles. The maximum absolute atomic E-state index is 11.9. The predicted octanol–water partition coefficient (Wildman–Crippen LogP) is 2.32. The highest BCUT2D eigenvalue weighted by Crippen LogP contribution is 2.44. The molecule has 0 aromatic heterocycles. The molecule has 0 radical (unpaired) electrons. The van der Waals surface area contributed by atoms with Gasteiger partial charge in [-0.15, -0.1) is 0 Å². The molecular formula is C17H25NO2. The number of nitrogens with one attached hydrogen (secondary N) is 1. The summed E-state index contributed by atoms with van der Waals surface area (Å²) in [7, 11) is 0. The minimum atomic E-state index is -0.0171. The molecule has 1 fully saturated rings. The summed E-state index contributed by atoms with van der Waals surface area (Å²) in [5.74, 6) is 0.693. The van der Waals surface area contributed by atoms with Crippen molar-refractivity contribution in [2.75, 3.05) is 13.2 Å². The average Bonchev–Trinajstić information content (AvgIpc) is 3.19. The lowest BCUT2D eigenvalue weighted by molar-refractivity contribution is -0.120. The van der Waals surface area contributed by atoms with Crippen LogP contribution in [-0.4, -0.2) is 24.2 Å². The highest BCUT2D eigenvalue weighted by Gasteiger charge is 2.41. The maximum atomic E-state index is 11.9. The molecule has 2 rings (SSSR count). The number of aliphatic hydroxyl groups excluding tert-OH is 1. The Morgan fingerprint density at radius 1 is 1.25 bits per heavy atom. The molecule has 2 N–H and O–H groups in total. The van der Waals surface area contributed by atoms with E-state index in [1.165, 1.54) is 5.56 Å². The summed E-state index contributed by atoms with van der Waals surface area (Å²) in [6.07, 6.45) is 3.54. The van der Waals surface area contributed by atoms with E-state index >= 15 is 0 Å². The van der Waals surface area contributed by atoms with E-state index < -0.39 is 0 Å². The van der Waals surface area contributed by atoms with Crippen molar-refractivity contribution in [3.05, 3.63) is 35.4 Å². The predicted molar refractivity (Wildman–Crippen MR) is 80.5 cm³/mol. The highest BCUT2D eigenvalue weighted by molar-refractivity contribution is 5.78. The van der Waals surface area contributed by atoms with Crippen LogP contribution in [0.25, 0.3) is 0 Å². The zero-order valence-corrected chi connectivity index (χ0v) is 12.5. The van der Waals surface area contributed by atoms with Crippen LogP contribution in [0.5, 0.6) is 0 Å². The summed E-state index contributed by atoms with van der Waals surface area (Å²) in [6, 6.07) is 8.30. The third-order valence-electron chi connectivity index (χ3n) is 3.98. The summed E-state index contributed by atoms with van der Waals surface area (Å²) in [5, 5.41) is 12.1. The molecule has 110 valence electrons. The van der Waals surface area contributed by atoms with Gasteiger partial charge in [0.2, 0.25) is 5.91 Å². The Morgan fingerprint density at radius 2 is 1.85 bits per heavy atom. The van der Waals surface area contributed by atoms with Crippen LogP contribution in [-0.2, 0) is 17.6 Å². The first-order chi connectivity index (χ1) is 9.53. The van der Waals surface area contributed by atoms with Crippen molar-refractivity contribution in [3.8, 4) is 0 Å². The first kappa shape index (κ1) is 15.0. The molecule has 1 amide bonds. The number of carbonyl (C=O) groups excluding carboxylic acids is 1. The lowest BCUT2D eigenvalue weighted by Crippen LogP contribution is -2.32. The number of amides is 1. The minimum absolute atomic E-state index is 0.0171. The molecule has 0 atom stereocenters. The molecule has 0 heterocycles. The van der Waals surface area contributed by atoms with E-state index in [-0.39, 0.29) is 17.9 Å². The van der Waals surface area contributed by atoms with Gasteiger partial charge < -0.3 is 10.4 Å². The second-order valence-electron chi connectivity index (χ2n) is 6.53. The smallest absolute Gasteiger partial charge is 0.224 e. The van der Waals surface area contributed by atoms with E-state index in [1.807, 2.05) is 12.1 Å². The Labute approximate surface area is 121 Å². The molecule has 1 aliphatic rings. The first-order valence-electron chi connectivity index (χ1n) is 7.48. The number of aliphatic hydroxyl groups is 1. The van der Waals surface area contributed by atoms with Gasteiger partial charge in [0, 0.05) is 12.0 Å². The number of carbonyl (C=O) groups is 1. The SMILES string of the molecule is CC(C)Cc1ccc(CC(=O)NCC2(CO)CC2)cc1. The van der Waals surface area contributed by atoms with Crippen molar-refractivity contribution >= 4 is 5.91 Å². The summed E-state index contributed by atoms with van der Waals surface area (Å²) in [6.45, 7) is 5.19. The fraction of sp³-hybridized carbons (Fsp3) is 0.588. The molecule has 0 unspecified atom stereocenters. The summed E-state index contributed by atoms with van der Waals surface area (Å²) < 4.78 is 0. The van der Waals surface area contributed by atoms with Crippen LogP contribution >= 0.6 is 0 Å². The Hall–Kier alpha value is -1.35. The molecule has 1 saturated carbocycles. The third kappa shape index (κ3) is 4.34. The molecule has 20 heavy (non-hydrogen) atoms. The molecule has 1 aromatic rings. The van der Waals surface area contributed by atoms with Gasteiger partial charge in [0.05, 0.1) is 13.0 Å². The second kappa shape index (κ2) is 6.40. The fourth-order valence-electron chi connectivity index (χ4n) is 2.37. The Balaban J connectivity index is 1.79. The van der Waals surface area contributed by atoms with Gasteiger partial charge in [0.25, 0.3) is 0 Å². The number of rotatable bonds is 7. The van der Waals surface area contributed by atoms with E-state index in [1.54, 1.807) is 0 Å². The van der Waals surface area contributed by atoms with E-state index in [4.69, 9.17) is 0 Å². The van der Waals surface area contributed by atoms with Crippen LogP contribution in [0.15, 0.2) is 24.3 Å². The van der Waals surface area contributed by atoms with Crippen molar-refractivity contribution in [2.24, 2.45) is 11.3 Å². The number of hydrogen-bond donors (Lipinski definition) is 2. The van der Waals surface area contributed by atoms with Crippen molar-refractivity contribution in [1.29, 1.82) is 0 Å². The lowest BCUT2D eigenvalue weighted by Gasteiger charge is -2.13. The quantitative estimate of drug-likeness (QED) is 0.802.